The first-order valence-electron chi connectivity index (χ1n) is 7.14. The summed E-state index contributed by atoms with van der Waals surface area (Å²) < 4.78 is 36.9. The molecule has 0 spiro atoms. The van der Waals surface area contributed by atoms with E-state index in [0.717, 1.165) is 16.2 Å². The van der Waals surface area contributed by atoms with E-state index < -0.39 is 24.7 Å². The standard InChI is InChI=1S/C15H18F3N3O2/c1-20(9-13(22)15(16,17)18)10-14(23)21-8-7-12(19-21)11-5-3-2-4-6-11/h2-6,13,22H,7-10H2,1H3. The number of carbonyl (C=O) groups excluding carboxylic acids is 1. The highest BCUT2D eigenvalue weighted by Crippen LogP contribution is 2.20. The van der Waals surface area contributed by atoms with Crippen molar-refractivity contribution in [3.8, 4) is 0 Å². The first kappa shape index (κ1) is 17.4. The van der Waals surface area contributed by atoms with Crippen LogP contribution in [0.2, 0.25) is 0 Å². The third-order valence-corrected chi connectivity index (χ3v) is 3.46. The lowest BCUT2D eigenvalue weighted by molar-refractivity contribution is -0.207. The Labute approximate surface area is 132 Å². The van der Waals surface area contributed by atoms with Gasteiger partial charge in [-0.2, -0.15) is 18.3 Å². The third kappa shape index (κ3) is 4.77. The molecule has 0 saturated carbocycles. The lowest BCUT2D eigenvalue weighted by Crippen LogP contribution is -2.43. The summed E-state index contributed by atoms with van der Waals surface area (Å²) in [6.45, 7) is -0.490. The van der Waals surface area contributed by atoms with E-state index in [4.69, 9.17) is 5.11 Å². The molecule has 0 bridgehead atoms. The summed E-state index contributed by atoms with van der Waals surface area (Å²) in [5.74, 6) is -0.396. The summed E-state index contributed by atoms with van der Waals surface area (Å²) in [5.41, 5.74) is 1.69. The highest BCUT2D eigenvalue weighted by molar-refractivity contribution is 6.02. The Kier molecular flexibility index (Phi) is 5.38. The molecule has 1 heterocycles. The van der Waals surface area contributed by atoms with E-state index in [0.29, 0.717) is 13.0 Å². The number of halogens is 3. The maximum Gasteiger partial charge on any atom is 0.415 e. The van der Waals surface area contributed by atoms with Crippen molar-refractivity contribution in [3.05, 3.63) is 35.9 Å². The topological polar surface area (TPSA) is 56.1 Å². The number of amides is 1. The molecule has 1 amide bonds. The molecule has 0 aliphatic carbocycles. The van der Waals surface area contributed by atoms with E-state index in [-0.39, 0.29) is 6.54 Å². The first-order chi connectivity index (χ1) is 10.8. The highest BCUT2D eigenvalue weighted by atomic mass is 19.4. The first-order valence-corrected chi connectivity index (χ1v) is 7.14. The molecule has 8 heteroatoms. The van der Waals surface area contributed by atoms with Crippen molar-refractivity contribution in [1.29, 1.82) is 0 Å². The summed E-state index contributed by atoms with van der Waals surface area (Å²) in [4.78, 5) is 13.2. The largest absolute Gasteiger partial charge is 0.415 e. The van der Waals surface area contributed by atoms with E-state index in [1.807, 2.05) is 30.3 Å². The van der Waals surface area contributed by atoms with Crippen molar-refractivity contribution in [1.82, 2.24) is 9.91 Å². The van der Waals surface area contributed by atoms with E-state index >= 15 is 0 Å². The quantitative estimate of drug-likeness (QED) is 0.890. The van der Waals surface area contributed by atoms with Crippen LogP contribution < -0.4 is 0 Å². The minimum Gasteiger partial charge on any atom is -0.382 e. The van der Waals surface area contributed by atoms with E-state index in [2.05, 4.69) is 5.10 Å². The Morgan fingerprint density at radius 3 is 2.65 bits per heavy atom. The second kappa shape index (κ2) is 7.10. The number of hydrogen-bond donors (Lipinski definition) is 1. The molecule has 1 aromatic rings. The van der Waals surface area contributed by atoms with Gasteiger partial charge < -0.3 is 5.11 Å². The predicted molar refractivity (Wildman–Crippen MR) is 78.9 cm³/mol. The molecular formula is C15H18F3N3O2. The predicted octanol–water partition coefficient (Wildman–Crippen LogP) is 1.48. The van der Waals surface area contributed by atoms with Gasteiger partial charge in [-0.3, -0.25) is 9.69 Å². The second-order valence-corrected chi connectivity index (χ2v) is 5.43. The lowest BCUT2D eigenvalue weighted by Gasteiger charge is -2.23. The monoisotopic (exact) mass is 329 g/mol. The zero-order chi connectivity index (χ0) is 17.0. The molecule has 126 valence electrons. The summed E-state index contributed by atoms with van der Waals surface area (Å²) >= 11 is 0. The Morgan fingerprint density at radius 2 is 2.04 bits per heavy atom. The van der Waals surface area contributed by atoms with Gasteiger partial charge in [0, 0.05) is 13.0 Å². The average Bonchev–Trinajstić information content (AvgIpc) is 2.97. The normalized spacial score (nSPS) is 16.6. The zero-order valence-electron chi connectivity index (χ0n) is 12.6. The molecule has 1 aliphatic heterocycles. The zero-order valence-corrected chi connectivity index (χ0v) is 12.6. The van der Waals surface area contributed by atoms with Gasteiger partial charge in [0.15, 0.2) is 6.10 Å². The van der Waals surface area contributed by atoms with E-state index in [1.54, 1.807) is 0 Å². The third-order valence-electron chi connectivity index (χ3n) is 3.46. The van der Waals surface area contributed by atoms with Crippen molar-refractivity contribution in [2.75, 3.05) is 26.7 Å². The van der Waals surface area contributed by atoms with Crippen LogP contribution >= 0.6 is 0 Å². The average molecular weight is 329 g/mol. The fraction of sp³-hybridized carbons (Fsp3) is 0.467. The number of hydrazone groups is 1. The van der Waals surface area contributed by atoms with Gasteiger partial charge >= 0.3 is 6.18 Å². The van der Waals surface area contributed by atoms with Crippen LogP contribution in [-0.2, 0) is 4.79 Å². The molecular weight excluding hydrogens is 311 g/mol. The van der Waals surface area contributed by atoms with Gasteiger partial charge in [-0.05, 0) is 12.6 Å². The number of carbonyl (C=O) groups is 1. The maximum absolute atomic E-state index is 12.3. The van der Waals surface area contributed by atoms with Crippen molar-refractivity contribution in [3.63, 3.8) is 0 Å². The Bertz CT molecular complexity index is 575. The van der Waals surface area contributed by atoms with Crippen molar-refractivity contribution in [2.45, 2.75) is 18.7 Å². The highest BCUT2D eigenvalue weighted by Gasteiger charge is 2.39. The number of rotatable bonds is 5. The summed E-state index contributed by atoms with van der Waals surface area (Å²) in [6.07, 6.45) is -6.56. The maximum atomic E-state index is 12.3. The van der Waals surface area contributed by atoms with E-state index in [9.17, 15) is 18.0 Å². The number of likely N-dealkylation sites (N-methyl/N-ethyl adjacent to an activating group) is 1. The molecule has 1 aromatic carbocycles. The molecule has 0 aromatic heterocycles. The number of aliphatic hydroxyl groups is 1. The van der Waals surface area contributed by atoms with Crippen LogP contribution in [0.25, 0.3) is 0 Å². The van der Waals surface area contributed by atoms with Gasteiger partial charge in [-0.15, -0.1) is 0 Å². The van der Waals surface area contributed by atoms with E-state index in [1.165, 1.54) is 12.1 Å². The van der Waals surface area contributed by atoms with Crippen LogP contribution in [0.15, 0.2) is 35.4 Å². The minimum atomic E-state index is -4.69. The number of aliphatic hydroxyl groups excluding tert-OH is 1. The van der Waals surface area contributed by atoms with Gasteiger partial charge in [0.25, 0.3) is 5.91 Å². The second-order valence-electron chi connectivity index (χ2n) is 5.43. The SMILES string of the molecule is CN(CC(=O)N1CCC(c2ccccc2)=N1)CC(O)C(F)(F)F. The molecule has 1 aliphatic rings. The molecule has 1 unspecified atom stereocenters. The van der Waals surface area contributed by atoms with Gasteiger partial charge in [0.2, 0.25) is 0 Å². The van der Waals surface area contributed by atoms with Crippen LogP contribution in [0, 0.1) is 0 Å². The molecule has 0 radical (unpaired) electrons. The minimum absolute atomic E-state index is 0.237. The Morgan fingerprint density at radius 1 is 1.39 bits per heavy atom. The number of nitrogens with zero attached hydrogens (tertiary/aromatic N) is 3. The van der Waals surface area contributed by atoms with Gasteiger partial charge in [-0.1, -0.05) is 30.3 Å². The van der Waals surface area contributed by atoms with Gasteiger partial charge in [0.05, 0.1) is 18.8 Å². The van der Waals surface area contributed by atoms with Crippen molar-refractivity contribution >= 4 is 11.6 Å². The lowest BCUT2D eigenvalue weighted by atomic mass is 10.1. The Hall–Kier alpha value is -1.93. The van der Waals surface area contributed by atoms with Crippen molar-refractivity contribution in [2.24, 2.45) is 5.10 Å². The van der Waals surface area contributed by atoms with Crippen LogP contribution in [-0.4, -0.2) is 65.6 Å². The summed E-state index contributed by atoms with van der Waals surface area (Å²) in [6, 6.07) is 9.39. The Balaban J connectivity index is 1.91. The summed E-state index contributed by atoms with van der Waals surface area (Å²) in [5, 5.41) is 14.5. The number of alkyl halides is 3. The molecule has 1 N–H and O–H groups in total. The van der Waals surface area contributed by atoms with Crippen LogP contribution in [0.4, 0.5) is 13.2 Å². The fourth-order valence-electron chi connectivity index (χ4n) is 2.25. The molecule has 0 fully saturated rings. The smallest absolute Gasteiger partial charge is 0.382 e. The van der Waals surface area contributed by atoms with Crippen molar-refractivity contribution < 1.29 is 23.1 Å². The summed E-state index contributed by atoms with van der Waals surface area (Å²) in [7, 11) is 1.35. The molecule has 23 heavy (non-hydrogen) atoms. The molecule has 0 saturated heterocycles. The van der Waals surface area contributed by atoms with Gasteiger partial charge in [0.1, 0.15) is 0 Å². The fourth-order valence-corrected chi connectivity index (χ4v) is 2.25. The molecule has 5 nitrogen and oxygen atoms in total. The number of hydrogen-bond acceptors (Lipinski definition) is 4. The number of benzene rings is 1. The van der Waals surface area contributed by atoms with Gasteiger partial charge in [-0.25, -0.2) is 5.01 Å². The van der Waals surface area contributed by atoms with Crippen LogP contribution in [0.3, 0.4) is 0 Å². The molecule has 1 atom stereocenters. The van der Waals surface area contributed by atoms with Crippen LogP contribution in [0.1, 0.15) is 12.0 Å². The van der Waals surface area contributed by atoms with Crippen LogP contribution in [0.5, 0.6) is 0 Å². The molecule has 2 rings (SSSR count).